The smallest absolute Gasteiger partial charge is 0.409 e. The van der Waals surface area contributed by atoms with Gasteiger partial charge in [0.15, 0.2) is 0 Å². The van der Waals surface area contributed by atoms with Crippen LogP contribution in [0, 0.1) is 10.5 Å². The minimum absolute atomic E-state index is 0.0708. The summed E-state index contributed by atoms with van der Waals surface area (Å²) >= 11 is 2.25. The van der Waals surface area contributed by atoms with Crippen LogP contribution in [-0.4, -0.2) is 48.7 Å². The van der Waals surface area contributed by atoms with Crippen molar-refractivity contribution in [2.24, 2.45) is 5.11 Å². The predicted molar refractivity (Wildman–Crippen MR) is 145 cm³/mol. The first kappa shape index (κ1) is 23.7. The monoisotopic (exact) mass is 579 g/mol. The van der Waals surface area contributed by atoms with Crippen molar-refractivity contribution in [2.75, 3.05) is 32.8 Å². The number of halogens is 1. The highest BCUT2D eigenvalue weighted by Crippen LogP contribution is 2.44. The van der Waals surface area contributed by atoms with Crippen LogP contribution in [0.25, 0.3) is 21.6 Å². The maximum absolute atomic E-state index is 12.9. The fraction of sp³-hybridized carbons (Fsp3) is 0.296. The third kappa shape index (κ3) is 4.87. The SMILES string of the molecule is Cc1c(CN2CCN(C(=O)OCC3c4ccccc4-c4ccccc43)CC2)cc(I)cc1N=[N+]=[N-]. The Labute approximate surface area is 218 Å². The molecule has 0 atom stereocenters. The molecule has 178 valence electrons. The Morgan fingerprint density at radius 3 is 2.31 bits per heavy atom. The molecule has 0 unspecified atom stereocenters. The third-order valence-corrected chi connectivity index (χ3v) is 7.59. The number of piperazine rings is 1. The molecular formula is C27H26IN5O2. The number of fused-ring (bicyclic) bond motifs is 3. The topological polar surface area (TPSA) is 81.5 Å². The number of hydrogen-bond acceptors (Lipinski definition) is 4. The fourth-order valence-corrected chi connectivity index (χ4v) is 5.72. The molecule has 5 rings (SSSR count). The molecule has 1 aliphatic carbocycles. The molecule has 35 heavy (non-hydrogen) atoms. The molecular weight excluding hydrogens is 553 g/mol. The van der Waals surface area contributed by atoms with Crippen molar-refractivity contribution in [1.29, 1.82) is 0 Å². The Bertz CT molecular complexity index is 1270. The predicted octanol–water partition coefficient (Wildman–Crippen LogP) is 6.61. The Morgan fingerprint density at radius 2 is 1.69 bits per heavy atom. The normalized spacial score (nSPS) is 15.3. The summed E-state index contributed by atoms with van der Waals surface area (Å²) in [7, 11) is 0. The number of carbonyl (C=O) groups excluding carboxylic acids is 1. The summed E-state index contributed by atoms with van der Waals surface area (Å²) in [5.41, 5.74) is 16.6. The van der Waals surface area contributed by atoms with Crippen LogP contribution in [0.2, 0.25) is 0 Å². The molecule has 1 fully saturated rings. The zero-order valence-corrected chi connectivity index (χ0v) is 21.7. The van der Waals surface area contributed by atoms with Crippen LogP contribution < -0.4 is 0 Å². The summed E-state index contributed by atoms with van der Waals surface area (Å²) in [6, 6.07) is 20.8. The lowest BCUT2D eigenvalue weighted by molar-refractivity contribution is 0.0728. The fourth-order valence-electron chi connectivity index (χ4n) is 5.05. The van der Waals surface area contributed by atoms with Crippen LogP contribution in [0.15, 0.2) is 65.8 Å². The molecule has 1 heterocycles. The van der Waals surface area contributed by atoms with Gasteiger partial charge in [0.2, 0.25) is 0 Å². The molecule has 1 amide bonds. The number of amides is 1. The first-order valence-electron chi connectivity index (χ1n) is 11.7. The molecule has 3 aromatic rings. The Balaban J connectivity index is 1.19. The van der Waals surface area contributed by atoms with Gasteiger partial charge in [-0.05, 0) is 80.6 Å². The van der Waals surface area contributed by atoms with E-state index in [0.717, 1.165) is 34.3 Å². The van der Waals surface area contributed by atoms with Crippen molar-refractivity contribution < 1.29 is 9.53 Å². The van der Waals surface area contributed by atoms with E-state index in [1.54, 1.807) is 4.90 Å². The van der Waals surface area contributed by atoms with Gasteiger partial charge in [-0.1, -0.05) is 53.6 Å². The highest BCUT2D eigenvalue weighted by molar-refractivity contribution is 14.1. The molecule has 2 aliphatic rings. The lowest BCUT2D eigenvalue weighted by atomic mass is 9.98. The lowest BCUT2D eigenvalue weighted by Gasteiger charge is -2.34. The third-order valence-electron chi connectivity index (χ3n) is 6.97. The molecule has 0 saturated carbocycles. The van der Waals surface area contributed by atoms with Gasteiger partial charge in [0.25, 0.3) is 0 Å². The van der Waals surface area contributed by atoms with Crippen LogP contribution in [0.1, 0.15) is 28.2 Å². The van der Waals surface area contributed by atoms with E-state index in [0.29, 0.717) is 25.4 Å². The van der Waals surface area contributed by atoms with E-state index in [1.807, 2.05) is 25.1 Å². The van der Waals surface area contributed by atoms with Gasteiger partial charge in [0.1, 0.15) is 6.61 Å². The minimum Gasteiger partial charge on any atom is -0.448 e. The largest absolute Gasteiger partial charge is 0.448 e. The minimum atomic E-state index is -0.248. The van der Waals surface area contributed by atoms with Gasteiger partial charge in [-0.3, -0.25) is 4.90 Å². The first-order valence-corrected chi connectivity index (χ1v) is 12.8. The van der Waals surface area contributed by atoms with Gasteiger partial charge < -0.3 is 9.64 Å². The van der Waals surface area contributed by atoms with E-state index in [1.165, 1.54) is 22.3 Å². The Hall–Kier alpha value is -3.07. The van der Waals surface area contributed by atoms with Gasteiger partial charge in [-0.25, -0.2) is 4.79 Å². The van der Waals surface area contributed by atoms with Crippen molar-refractivity contribution in [1.82, 2.24) is 9.80 Å². The maximum atomic E-state index is 12.9. The first-order chi connectivity index (χ1) is 17.0. The highest BCUT2D eigenvalue weighted by Gasteiger charge is 2.30. The molecule has 1 saturated heterocycles. The Kier molecular flexibility index (Phi) is 6.95. The number of azide groups is 1. The molecule has 8 heteroatoms. The zero-order valence-electron chi connectivity index (χ0n) is 19.5. The number of hydrogen-bond donors (Lipinski definition) is 0. The van der Waals surface area contributed by atoms with E-state index in [-0.39, 0.29) is 12.0 Å². The summed E-state index contributed by atoms with van der Waals surface area (Å²) in [6.45, 7) is 5.89. The summed E-state index contributed by atoms with van der Waals surface area (Å²) < 4.78 is 6.88. The zero-order chi connectivity index (χ0) is 24.4. The number of rotatable bonds is 5. The average Bonchev–Trinajstić information content (AvgIpc) is 3.19. The lowest BCUT2D eigenvalue weighted by Crippen LogP contribution is -2.48. The standard InChI is InChI=1S/C27H26IN5O2/c1-18-19(14-20(28)15-26(18)30-31-29)16-32-10-12-33(13-11-32)27(34)35-17-25-23-8-4-2-6-21(23)22-7-3-5-9-24(22)25/h2-9,14-15,25H,10-13,16-17H2,1H3. The second-order valence-corrected chi connectivity index (χ2v) is 10.2. The summed E-state index contributed by atoms with van der Waals surface area (Å²) in [6.07, 6.45) is -0.248. The summed E-state index contributed by atoms with van der Waals surface area (Å²) in [5.74, 6) is 0.0708. The van der Waals surface area contributed by atoms with Crippen molar-refractivity contribution in [3.63, 3.8) is 0 Å². The summed E-state index contributed by atoms with van der Waals surface area (Å²) in [4.78, 5) is 20.0. The van der Waals surface area contributed by atoms with Crippen LogP contribution >= 0.6 is 22.6 Å². The van der Waals surface area contributed by atoms with Crippen LogP contribution in [0.3, 0.4) is 0 Å². The van der Waals surface area contributed by atoms with E-state index in [9.17, 15) is 4.79 Å². The number of ether oxygens (including phenoxy) is 1. The number of benzene rings is 3. The molecule has 3 aromatic carbocycles. The van der Waals surface area contributed by atoms with Gasteiger partial charge in [-0.15, -0.1) is 0 Å². The van der Waals surface area contributed by atoms with Gasteiger partial charge in [-0.2, -0.15) is 0 Å². The van der Waals surface area contributed by atoms with Crippen LogP contribution in [0.5, 0.6) is 0 Å². The quantitative estimate of drug-likeness (QED) is 0.148. The van der Waals surface area contributed by atoms with E-state index in [4.69, 9.17) is 10.3 Å². The van der Waals surface area contributed by atoms with Gasteiger partial charge >= 0.3 is 6.09 Å². The van der Waals surface area contributed by atoms with Crippen LogP contribution in [-0.2, 0) is 11.3 Å². The maximum Gasteiger partial charge on any atom is 0.409 e. The molecule has 0 bridgehead atoms. The van der Waals surface area contributed by atoms with Gasteiger partial charge in [0.05, 0.1) is 0 Å². The summed E-state index contributed by atoms with van der Waals surface area (Å²) in [5, 5.41) is 3.83. The second kappa shape index (κ2) is 10.3. The van der Waals surface area contributed by atoms with Crippen molar-refractivity contribution in [2.45, 2.75) is 19.4 Å². The number of carbonyl (C=O) groups is 1. The van der Waals surface area contributed by atoms with Crippen molar-refractivity contribution in [3.05, 3.63) is 96.9 Å². The molecule has 0 radical (unpaired) electrons. The van der Waals surface area contributed by atoms with Crippen LogP contribution in [0.4, 0.5) is 10.5 Å². The molecule has 1 aliphatic heterocycles. The molecule has 7 nitrogen and oxygen atoms in total. The van der Waals surface area contributed by atoms with E-state index >= 15 is 0 Å². The van der Waals surface area contributed by atoms with Crippen molar-refractivity contribution in [3.8, 4) is 11.1 Å². The molecule has 0 aromatic heterocycles. The Morgan fingerprint density at radius 1 is 1.06 bits per heavy atom. The van der Waals surface area contributed by atoms with E-state index in [2.05, 4.69) is 80.0 Å². The number of nitrogens with zero attached hydrogens (tertiary/aromatic N) is 5. The molecule has 0 N–H and O–H groups in total. The highest BCUT2D eigenvalue weighted by atomic mass is 127. The molecule has 0 spiro atoms. The average molecular weight is 579 g/mol. The second-order valence-electron chi connectivity index (χ2n) is 8.97. The van der Waals surface area contributed by atoms with E-state index < -0.39 is 0 Å². The van der Waals surface area contributed by atoms with Gasteiger partial charge in [0, 0.05) is 52.8 Å². The van der Waals surface area contributed by atoms with Crippen molar-refractivity contribution >= 4 is 34.4 Å².